The average molecular weight is 211 g/mol. The summed E-state index contributed by atoms with van der Waals surface area (Å²) < 4.78 is 0. The molecule has 0 aromatic carbocycles. The lowest BCUT2D eigenvalue weighted by atomic mass is 10.1. The Balaban J connectivity index is 1.75. The third kappa shape index (κ3) is 2.92. The zero-order chi connectivity index (χ0) is 10.7. The highest BCUT2D eigenvalue weighted by Crippen LogP contribution is 2.24. The fraction of sp³-hybridized carbons (Fsp3) is 1.00. The summed E-state index contributed by atoms with van der Waals surface area (Å²) in [5.41, 5.74) is 0. The van der Waals surface area contributed by atoms with Crippen molar-refractivity contribution < 1.29 is 0 Å². The molecule has 1 aliphatic heterocycles. The van der Waals surface area contributed by atoms with E-state index >= 15 is 0 Å². The number of nitrogens with one attached hydrogen (secondary N) is 1. The maximum absolute atomic E-state index is 3.59. The first-order chi connectivity index (χ1) is 7.29. The Hall–Kier alpha value is -0.120. The Morgan fingerprint density at radius 2 is 1.87 bits per heavy atom. The van der Waals surface area contributed by atoms with Crippen LogP contribution >= 0.6 is 0 Å². The van der Waals surface area contributed by atoms with Crippen molar-refractivity contribution in [2.24, 2.45) is 0 Å². The minimum Gasteiger partial charge on any atom is -0.314 e. The van der Waals surface area contributed by atoms with Crippen molar-refractivity contribution in [3.05, 3.63) is 0 Å². The minimum absolute atomic E-state index is 0.791. The molecule has 3 nitrogen and oxygen atoms in total. The summed E-state index contributed by atoms with van der Waals surface area (Å²) in [7, 11) is 2.23. The van der Waals surface area contributed by atoms with Gasteiger partial charge in [0.25, 0.3) is 0 Å². The van der Waals surface area contributed by atoms with Crippen LogP contribution in [0.25, 0.3) is 0 Å². The highest BCUT2D eigenvalue weighted by atomic mass is 15.3. The number of rotatable bonds is 3. The molecular weight excluding hydrogens is 186 g/mol. The van der Waals surface area contributed by atoms with E-state index in [0.29, 0.717) is 0 Å². The molecule has 1 saturated heterocycles. The quantitative estimate of drug-likeness (QED) is 0.744. The molecule has 3 heteroatoms. The van der Waals surface area contributed by atoms with Crippen molar-refractivity contribution >= 4 is 0 Å². The lowest BCUT2D eigenvalue weighted by Gasteiger charge is -2.36. The van der Waals surface area contributed by atoms with Crippen LogP contribution in [-0.2, 0) is 0 Å². The molecule has 1 heterocycles. The van der Waals surface area contributed by atoms with Gasteiger partial charge in [0.1, 0.15) is 0 Å². The monoisotopic (exact) mass is 211 g/mol. The van der Waals surface area contributed by atoms with Gasteiger partial charge in [-0.2, -0.15) is 0 Å². The van der Waals surface area contributed by atoms with Gasteiger partial charge >= 0.3 is 0 Å². The van der Waals surface area contributed by atoms with Crippen LogP contribution in [0.15, 0.2) is 0 Å². The highest BCUT2D eigenvalue weighted by molar-refractivity contribution is 4.88. The Morgan fingerprint density at radius 1 is 1.13 bits per heavy atom. The first-order valence-corrected chi connectivity index (χ1v) is 6.45. The van der Waals surface area contributed by atoms with E-state index in [-0.39, 0.29) is 0 Å². The van der Waals surface area contributed by atoms with Crippen molar-refractivity contribution in [3.8, 4) is 0 Å². The van der Waals surface area contributed by atoms with Crippen molar-refractivity contribution in [2.45, 2.75) is 38.3 Å². The average Bonchev–Trinajstić information content (AvgIpc) is 2.68. The predicted molar refractivity (Wildman–Crippen MR) is 64.2 cm³/mol. The molecule has 1 aliphatic carbocycles. The summed E-state index contributed by atoms with van der Waals surface area (Å²) in [4.78, 5) is 5.14. The summed E-state index contributed by atoms with van der Waals surface area (Å²) in [6.07, 6.45) is 4.16. The zero-order valence-corrected chi connectivity index (χ0v) is 10.2. The highest BCUT2D eigenvalue weighted by Gasteiger charge is 2.29. The molecule has 2 fully saturated rings. The maximum atomic E-state index is 3.59. The molecule has 2 atom stereocenters. The first-order valence-electron chi connectivity index (χ1n) is 6.45. The maximum Gasteiger partial charge on any atom is 0.0113 e. The molecule has 1 N–H and O–H groups in total. The molecule has 0 aromatic rings. The Kier molecular flexibility index (Phi) is 4.00. The van der Waals surface area contributed by atoms with E-state index in [0.717, 1.165) is 18.6 Å². The fourth-order valence-corrected chi connectivity index (χ4v) is 2.95. The number of nitrogens with zero attached hydrogens (tertiary/aromatic N) is 2. The SMILES string of the molecule is CCN[C@H]1CC[C@H](N2CCN(C)CC2)C1. The van der Waals surface area contributed by atoms with Crippen LogP contribution < -0.4 is 5.32 Å². The van der Waals surface area contributed by atoms with E-state index < -0.39 is 0 Å². The predicted octanol–water partition coefficient (Wildman–Crippen LogP) is 0.764. The second-order valence-electron chi connectivity index (χ2n) is 5.06. The topological polar surface area (TPSA) is 18.5 Å². The van der Waals surface area contributed by atoms with Crippen LogP contribution in [0.1, 0.15) is 26.2 Å². The summed E-state index contributed by atoms with van der Waals surface area (Å²) >= 11 is 0. The van der Waals surface area contributed by atoms with Gasteiger partial charge in [-0.3, -0.25) is 4.90 Å². The van der Waals surface area contributed by atoms with Crippen LogP contribution in [0.4, 0.5) is 0 Å². The van der Waals surface area contributed by atoms with Crippen molar-refractivity contribution in [1.29, 1.82) is 0 Å². The first kappa shape index (κ1) is 11.4. The van der Waals surface area contributed by atoms with E-state index in [1.807, 2.05) is 0 Å². The summed E-state index contributed by atoms with van der Waals surface area (Å²) in [5.74, 6) is 0. The lowest BCUT2D eigenvalue weighted by molar-refractivity contribution is 0.112. The Bertz CT molecular complexity index is 187. The third-order valence-electron chi connectivity index (χ3n) is 3.95. The molecule has 15 heavy (non-hydrogen) atoms. The fourth-order valence-electron chi connectivity index (χ4n) is 2.95. The smallest absolute Gasteiger partial charge is 0.0113 e. The number of piperazine rings is 1. The Morgan fingerprint density at radius 3 is 2.53 bits per heavy atom. The van der Waals surface area contributed by atoms with E-state index in [1.54, 1.807) is 0 Å². The van der Waals surface area contributed by atoms with Gasteiger partial charge in [-0.1, -0.05) is 6.92 Å². The minimum atomic E-state index is 0.791. The lowest BCUT2D eigenvalue weighted by Crippen LogP contribution is -2.48. The molecule has 88 valence electrons. The van der Waals surface area contributed by atoms with E-state index in [2.05, 4.69) is 29.1 Å². The van der Waals surface area contributed by atoms with Crippen LogP contribution in [-0.4, -0.2) is 61.7 Å². The van der Waals surface area contributed by atoms with Crippen molar-refractivity contribution in [3.63, 3.8) is 0 Å². The third-order valence-corrected chi connectivity index (χ3v) is 3.95. The van der Waals surface area contributed by atoms with Crippen molar-refractivity contribution in [2.75, 3.05) is 39.8 Å². The molecule has 2 rings (SSSR count). The summed E-state index contributed by atoms with van der Waals surface area (Å²) in [6, 6.07) is 1.66. The number of likely N-dealkylation sites (N-methyl/N-ethyl adjacent to an activating group) is 1. The van der Waals surface area contributed by atoms with Gasteiger partial charge in [-0.05, 0) is 32.9 Å². The van der Waals surface area contributed by atoms with Crippen LogP contribution in [0.2, 0.25) is 0 Å². The zero-order valence-electron chi connectivity index (χ0n) is 10.2. The molecule has 1 saturated carbocycles. The van der Waals surface area contributed by atoms with Gasteiger partial charge < -0.3 is 10.2 Å². The van der Waals surface area contributed by atoms with Crippen LogP contribution in [0.5, 0.6) is 0 Å². The second kappa shape index (κ2) is 5.28. The van der Waals surface area contributed by atoms with Gasteiger partial charge in [-0.15, -0.1) is 0 Å². The number of hydrogen-bond acceptors (Lipinski definition) is 3. The largest absolute Gasteiger partial charge is 0.314 e. The summed E-state index contributed by atoms with van der Waals surface area (Å²) in [5, 5.41) is 3.59. The van der Waals surface area contributed by atoms with Gasteiger partial charge in [0.2, 0.25) is 0 Å². The molecule has 0 spiro atoms. The Labute approximate surface area is 93.8 Å². The molecule has 0 bridgehead atoms. The normalized spacial score (nSPS) is 34.8. The molecule has 0 aromatic heterocycles. The van der Waals surface area contributed by atoms with E-state index in [4.69, 9.17) is 0 Å². The number of hydrogen-bond donors (Lipinski definition) is 1. The molecule has 0 radical (unpaired) electrons. The van der Waals surface area contributed by atoms with Gasteiger partial charge in [0, 0.05) is 38.3 Å². The molecule has 0 amide bonds. The molecule has 2 aliphatic rings. The van der Waals surface area contributed by atoms with E-state index in [9.17, 15) is 0 Å². The second-order valence-corrected chi connectivity index (χ2v) is 5.06. The molecule has 0 unspecified atom stereocenters. The van der Waals surface area contributed by atoms with Crippen LogP contribution in [0.3, 0.4) is 0 Å². The van der Waals surface area contributed by atoms with Crippen LogP contribution in [0, 0.1) is 0 Å². The summed E-state index contributed by atoms with van der Waals surface area (Å²) in [6.45, 7) is 8.40. The van der Waals surface area contributed by atoms with Gasteiger partial charge in [0.15, 0.2) is 0 Å². The van der Waals surface area contributed by atoms with Gasteiger partial charge in [0.05, 0.1) is 0 Å². The standard InChI is InChI=1S/C12H25N3/c1-3-13-11-4-5-12(10-11)15-8-6-14(2)7-9-15/h11-13H,3-10H2,1-2H3/t11-,12-/m0/s1. The van der Waals surface area contributed by atoms with Gasteiger partial charge in [-0.25, -0.2) is 0 Å². The molecular formula is C12H25N3. The van der Waals surface area contributed by atoms with E-state index in [1.165, 1.54) is 45.4 Å². The van der Waals surface area contributed by atoms with Crippen molar-refractivity contribution in [1.82, 2.24) is 15.1 Å².